The van der Waals surface area contributed by atoms with Gasteiger partial charge in [-0.3, -0.25) is 0 Å². The first-order valence-electron chi connectivity index (χ1n) is 20.3. The zero-order chi connectivity index (χ0) is 40.6. The maximum absolute atomic E-state index is 9.13. The average Bonchev–Trinajstić information content (AvgIpc) is 3.79. The molecule has 0 unspecified atom stereocenters. The number of fused-ring (bicyclic) bond motifs is 9. The Hall–Kier alpha value is -5.79. The second kappa shape index (κ2) is 12.1. The summed E-state index contributed by atoms with van der Waals surface area (Å²) in [6.45, 7) is 36.4. The van der Waals surface area contributed by atoms with E-state index in [1.807, 2.05) is 12.1 Å². The van der Waals surface area contributed by atoms with E-state index in [9.17, 15) is 0 Å². The number of rotatable bonds is 2. The molecule has 0 saturated carbocycles. The second-order valence-electron chi connectivity index (χ2n) is 20.3. The van der Waals surface area contributed by atoms with Gasteiger partial charge in [0.1, 0.15) is 11.2 Å². The molecule has 0 aliphatic heterocycles. The fourth-order valence-electron chi connectivity index (χ4n) is 8.75. The van der Waals surface area contributed by atoms with Crippen LogP contribution in [0.3, 0.4) is 0 Å². The number of para-hydroxylation sites is 1. The van der Waals surface area contributed by atoms with Gasteiger partial charge in [0.25, 0.3) is 0 Å². The molecule has 4 heteroatoms. The van der Waals surface area contributed by atoms with Crippen LogP contribution in [0.25, 0.3) is 81.8 Å². The molecule has 0 aliphatic rings. The van der Waals surface area contributed by atoms with Crippen molar-refractivity contribution in [2.75, 3.05) is 0 Å². The first-order chi connectivity index (χ1) is 26.8. The van der Waals surface area contributed by atoms with E-state index < -0.39 is 0 Å². The quantitative estimate of drug-likeness (QED) is 0.162. The summed E-state index contributed by atoms with van der Waals surface area (Å²) in [7, 11) is 0. The molecule has 0 amide bonds. The van der Waals surface area contributed by atoms with Crippen molar-refractivity contribution in [1.82, 2.24) is 9.13 Å². The van der Waals surface area contributed by atoms with E-state index in [0.717, 1.165) is 55.4 Å². The SMILES string of the molecule is [C-]#[N+]c1c(-n2c3ccc(C(C)(C)C)cc3c3cc(C(C)(C)C)ccc32)cc2oc3ccccc3c2c1-n1c2ccc(C(C)(C)C)cc2c2cc(C(C)(C)C)ccc21. The van der Waals surface area contributed by atoms with Gasteiger partial charge in [-0.15, -0.1) is 0 Å². The lowest BCUT2D eigenvalue weighted by atomic mass is 9.85. The Kier molecular flexibility index (Phi) is 7.82. The highest BCUT2D eigenvalue weighted by Crippen LogP contribution is 2.49. The first kappa shape index (κ1) is 36.8. The number of aromatic nitrogens is 2. The van der Waals surface area contributed by atoms with Gasteiger partial charge in [0.2, 0.25) is 5.69 Å². The van der Waals surface area contributed by atoms with Gasteiger partial charge in [0.15, 0.2) is 0 Å². The normalized spacial score (nSPS) is 13.2. The summed E-state index contributed by atoms with van der Waals surface area (Å²) in [5.41, 5.74) is 13.1. The summed E-state index contributed by atoms with van der Waals surface area (Å²) in [6.07, 6.45) is 0. The van der Waals surface area contributed by atoms with Crippen molar-refractivity contribution in [2.24, 2.45) is 0 Å². The Labute approximate surface area is 336 Å². The Bertz CT molecular complexity index is 3020. The largest absolute Gasteiger partial charge is 0.456 e. The third kappa shape index (κ3) is 5.69. The maximum atomic E-state index is 9.13. The standard InChI is InChI=1S/C53H53N3O/c1-50(2,3)31-18-22-40-36(26-31)37-27-32(51(4,5)6)19-23-41(37)55(40)44-30-46-47(35-16-14-15-17-45(35)57-46)49(48(44)54-13)56-42-24-20-33(52(7,8)9)28-38(42)39-29-34(53(10,11)12)21-25-43(39)56/h14-30H,1-12H3. The van der Waals surface area contributed by atoms with Crippen molar-refractivity contribution in [3.05, 3.63) is 137 Å². The Balaban J connectivity index is 1.49. The zero-order valence-electron chi connectivity index (χ0n) is 35.6. The molecule has 0 radical (unpaired) electrons. The van der Waals surface area contributed by atoms with Crippen LogP contribution in [0.15, 0.2) is 108 Å². The van der Waals surface area contributed by atoms with Gasteiger partial charge < -0.3 is 13.6 Å². The van der Waals surface area contributed by atoms with Crippen molar-refractivity contribution in [1.29, 1.82) is 0 Å². The number of hydrogen-bond donors (Lipinski definition) is 0. The van der Waals surface area contributed by atoms with Crippen LogP contribution < -0.4 is 0 Å². The Morgan fingerprint density at radius 3 is 1.21 bits per heavy atom. The van der Waals surface area contributed by atoms with Crippen molar-refractivity contribution in [2.45, 2.75) is 105 Å². The van der Waals surface area contributed by atoms with Crippen LogP contribution in [-0.4, -0.2) is 9.13 Å². The van der Waals surface area contributed by atoms with Gasteiger partial charge in [-0.05, 0) is 105 Å². The minimum absolute atomic E-state index is 0.0253. The summed E-state index contributed by atoms with van der Waals surface area (Å²) in [6, 6.07) is 37.9. The topological polar surface area (TPSA) is 27.4 Å². The summed E-state index contributed by atoms with van der Waals surface area (Å²) < 4.78 is 11.5. The predicted molar refractivity (Wildman–Crippen MR) is 243 cm³/mol. The minimum atomic E-state index is -0.0316. The van der Waals surface area contributed by atoms with E-state index in [2.05, 4.69) is 188 Å². The van der Waals surface area contributed by atoms with E-state index in [0.29, 0.717) is 5.69 Å². The second-order valence-corrected chi connectivity index (χ2v) is 20.3. The number of furan rings is 1. The van der Waals surface area contributed by atoms with Crippen LogP contribution in [0, 0.1) is 6.57 Å². The number of hydrogen-bond acceptors (Lipinski definition) is 1. The van der Waals surface area contributed by atoms with Gasteiger partial charge in [-0.2, -0.15) is 0 Å². The molecule has 3 heterocycles. The molecule has 0 fully saturated rings. The third-order valence-corrected chi connectivity index (χ3v) is 12.2. The summed E-state index contributed by atoms with van der Waals surface area (Å²) >= 11 is 0. The maximum Gasteiger partial charge on any atom is 0.234 e. The lowest BCUT2D eigenvalue weighted by Crippen LogP contribution is -2.10. The van der Waals surface area contributed by atoms with Crippen molar-refractivity contribution in [3.8, 4) is 11.4 Å². The minimum Gasteiger partial charge on any atom is -0.456 e. The number of benzene rings is 6. The highest BCUT2D eigenvalue weighted by atomic mass is 16.3. The first-order valence-corrected chi connectivity index (χ1v) is 20.3. The van der Waals surface area contributed by atoms with Crippen LogP contribution in [0.2, 0.25) is 0 Å². The summed E-state index contributed by atoms with van der Waals surface area (Å²) in [4.78, 5) is 4.54. The van der Waals surface area contributed by atoms with Crippen LogP contribution >= 0.6 is 0 Å². The molecule has 286 valence electrons. The molecule has 57 heavy (non-hydrogen) atoms. The lowest BCUT2D eigenvalue weighted by Gasteiger charge is -2.20. The summed E-state index contributed by atoms with van der Waals surface area (Å²) in [5, 5.41) is 6.70. The van der Waals surface area contributed by atoms with E-state index in [4.69, 9.17) is 11.0 Å². The zero-order valence-corrected chi connectivity index (χ0v) is 35.6. The molecule has 0 saturated heterocycles. The van der Waals surface area contributed by atoms with E-state index in [1.165, 1.54) is 43.8 Å². The van der Waals surface area contributed by atoms with Crippen molar-refractivity contribution >= 4 is 71.2 Å². The molecule has 0 spiro atoms. The smallest absolute Gasteiger partial charge is 0.234 e. The molecule has 9 aromatic rings. The predicted octanol–water partition coefficient (Wildman–Crippen LogP) is 15.5. The van der Waals surface area contributed by atoms with Gasteiger partial charge in [0, 0.05) is 32.3 Å². The third-order valence-electron chi connectivity index (χ3n) is 12.2. The molecule has 0 atom stereocenters. The number of nitrogens with zero attached hydrogens (tertiary/aromatic N) is 3. The van der Waals surface area contributed by atoms with Crippen LogP contribution in [0.5, 0.6) is 0 Å². The molecule has 0 bridgehead atoms. The summed E-state index contributed by atoms with van der Waals surface area (Å²) in [5.74, 6) is 0. The van der Waals surface area contributed by atoms with Crippen LogP contribution in [0.1, 0.15) is 105 Å². The van der Waals surface area contributed by atoms with E-state index in [-0.39, 0.29) is 21.7 Å². The van der Waals surface area contributed by atoms with Crippen molar-refractivity contribution < 1.29 is 4.42 Å². The Morgan fingerprint density at radius 2 is 0.825 bits per heavy atom. The van der Waals surface area contributed by atoms with Crippen molar-refractivity contribution in [3.63, 3.8) is 0 Å². The monoisotopic (exact) mass is 747 g/mol. The molecule has 9 rings (SSSR count). The van der Waals surface area contributed by atoms with Gasteiger partial charge >= 0.3 is 0 Å². The van der Waals surface area contributed by atoms with Crippen LogP contribution in [0.4, 0.5) is 5.69 Å². The fraction of sp³-hybridized carbons (Fsp3) is 0.302. The molecule has 6 aromatic carbocycles. The molecule has 3 aromatic heterocycles. The lowest BCUT2D eigenvalue weighted by molar-refractivity contribution is 0.590. The Morgan fingerprint density at radius 1 is 0.439 bits per heavy atom. The molecule has 0 aliphatic carbocycles. The highest BCUT2D eigenvalue weighted by Gasteiger charge is 2.29. The van der Waals surface area contributed by atoms with Crippen LogP contribution in [-0.2, 0) is 21.7 Å². The van der Waals surface area contributed by atoms with E-state index >= 15 is 0 Å². The average molecular weight is 748 g/mol. The van der Waals surface area contributed by atoms with E-state index in [1.54, 1.807) is 0 Å². The van der Waals surface area contributed by atoms with Gasteiger partial charge in [0.05, 0.1) is 40.0 Å². The molecular formula is C53H53N3O. The van der Waals surface area contributed by atoms with Gasteiger partial charge in [-0.1, -0.05) is 126 Å². The molecular weight excluding hydrogens is 695 g/mol. The molecule has 0 N–H and O–H groups in total. The highest BCUT2D eigenvalue weighted by molar-refractivity contribution is 6.19. The fourth-order valence-corrected chi connectivity index (χ4v) is 8.75. The molecule has 4 nitrogen and oxygen atoms in total. The van der Waals surface area contributed by atoms with Gasteiger partial charge in [-0.25, -0.2) is 4.85 Å².